The van der Waals surface area contributed by atoms with Crippen LogP contribution in [0, 0.1) is 0 Å². The molecule has 1 aliphatic heterocycles. The molecule has 4 nitrogen and oxygen atoms in total. The molecule has 0 saturated heterocycles. The highest BCUT2D eigenvalue weighted by molar-refractivity contribution is 5.98. The number of hydrogen-bond acceptors (Lipinski definition) is 2. The van der Waals surface area contributed by atoms with Crippen molar-refractivity contribution < 1.29 is 9.59 Å². The summed E-state index contributed by atoms with van der Waals surface area (Å²) in [6.45, 7) is 4.88. The van der Waals surface area contributed by atoms with Crippen molar-refractivity contribution >= 4 is 11.8 Å². The first-order chi connectivity index (χ1) is 9.65. The van der Waals surface area contributed by atoms with Gasteiger partial charge in [-0.15, -0.1) is 0 Å². The topological polar surface area (TPSA) is 49.4 Å². The van der Waals surface area contributed by atoms with Crippen LogP contribution in [-0.2, 0) is 11.2 Å². The highest BCUT2D eigenvalue weighted by Crippen LogP contribution is 2.18. The zero-order valence-corrected chi connectivity index (χ0v) is 12.2. The Morgan fingerprint density at radius 2 is 2.00 bits per heavy atom. The van der Waals surface area contributed by atoms with Crippen molar-refractivity contribution in [2.45, 2.75) is 39.2 Å². The summed E-state index contributed by atoms with van der Waals surface area (Å²) >= 11 is 0. The van der Waals surface area contributed by atoms with Gasteiger partial charge < -0.3 is 10.2 Å². The Kier molecular flexibility index (Phi) is 4.77. The maximum absolute atomic E-state index is 12.3. The molecule has 108 valence electrons. The van der Waals surface area contributed by atoms with Crippen LogP contribution in [0.4, 0.5) is 0 Å². The molecule has 4 heteroatoms. The van der Waals surface area contributed by atoms with Crippen LogP contribution in [0.1, 0.15) is 42.6 Å². The van der Waals surface area contributed by atoms with Crippen molar-refractivity contribution in [3.05, 3.63) is 35.4 Å². The molecule has 2 rings (SSSR count). The van der Waals surface area contributed by atoms with Gasteiger partial charge in [-0.2, -0.15) is 0 Å². The van der Waals surface area contributed by atoms with E-state index in [1.54, 1.807) is 4.90 Å². The number of rotatable bonds is 5. The number of fused-ring (bicyclic) bond motifs is 1. The summed E-state index contributed by atoms with van der Waals surface area (Å²) in [5.74, 6) is -0.0991. The van der Waals surface area contributed by atoms with E-state index in [1.165, 1.54) is 0 Å². The summed E-state index contributed by atoms with van der Waals surface area (Å²) in [5, 5.41) is 2.98. The minimum Gasteiger partial charge on any atom is -0.352 e. The Labute approximate surface area is 120 Å². The molecule has 1 heterocycles. The molecule has 0 bridgehead atoms. The van der Waals surface area contributed by atoms with Gasteiger partial charge in [0.1, 0.15) is 0 Å². The van der Waals surface area contributed by atoms with E-state index in [1.807, 2.05) is 24.3 Å². The molecule has 1 N–H and O–H groups in total. The lowest BCUT2D eigenvalue weighted by molar-refractivity contribution is -0.122. The van der Waals surface area contributed by atoms with E-state index >= 15 is 0 Å². The fraction of sp³-hybridized carbons (Fsp3) is 0.500. The highest BCUT2D eigenvalue weighted by Gasteiger charge is 2.25. The van der Waals surface area contributed by atoms with Gasteiger partial charge in [0.15, 0.2) is 0 Å². The van der Waals surface area contributed by atoms with Crippen LogP contribution in [0.5, 0.6) is 0 Å². The number of carbonyl (C=O) groups excluding carboxylic acids is 2. The number of nitrogens with zero attached hydrogens (tertiary/aromatic N) is 1. The van der Waals surface area contributed by atoms with Crippen molar-refractivity contribution in [2.75, 3.05) is 13.1 Å². The molecule has 0 radical (unpaired) electrons. The minimum atomic E-state index is -0.0635. The molecule has 0 saturated carbocycles. The SMILES string of the molecule is CCC(CC)NC(=O)CN1CCc2ccccc2C1=O. The van der Waals surface area contributed by atoms with Crippen LogP contribution in [-0.4, -0.2) is 35.8 Å². The maximum Gasteiger partial charge on any atom is 0.254 e. The van der Waals surface area contributed by atoms with Gasteiger partial charge in [-0.1, -0.05) is 32.0 Å². The number of nitrogens with one attached hydrogen (secondary N) is 1. The summed E-state index contributed by atoms with van der Waals surface area (Å²) in [7, 11) is 0. The highest BCUT2D eigenvalue weighted by atomic mass is 16.2. The van der Waals surface area contributed by atoms with Crippen molar-refractivity contribution in [2.24, 2.45) is 0 Å². The molecule has 0 aliphatic carbocycles. The monoisotopic (exact) mass is 274 g/mol. The van der Waals surface area contributed by atoms with Gasteiger partial charge in [0.25, 0.3) is 5.91 Å². The fourth-order valence-electron chi connectivity index (χ4n) is 2.56. The van der Waals surface area contributed by atoms with Crippen LogP contribution >= 0.6 is 0 Å². The Hall–Kier alpha value is -1.84. The Bertz CT molecular complexity index is 495. The van der Waals surface area contributed by atoms with Crippen LogP contribution < -0.4 is 5.32 Å². The van der Waals surface area contributed by atoms with Gasteiger partial charge in [-0.05, 0) is 30.9 Å². The maximum atomic E-state index is 12.3. The first kappa shape index (κ1) is 14.6. The third-order valence-corrected chi connectivity index (χ3v) is 3.87. The second kappa shape index (κ2) is 6.55. The van der Waals surface area contributed by atoms with Gasteiger partial charge in [-0.25, -0.2) is 0 Å². The van der Waals surface area contributed by atoms with E-state index in [0.717, 1.165) is 30.4 Å². The molecular weight excluding hydrogens is 252 g/mol. The van der Waals surface area contributed by atoms with Gasteiger partial charge in [0, 0.05) is 18.2 Å². The zero-order valence-electron chi connectivity index (χ0n) is 12.2. The van der Waals surface area contributed by atoms with Crippen molar-refractivity contribution in [3.63, 3.8) is 0 Å². The summed E-state index contributed by atoms with van der Waals surface area (Å²) in [4.78, 5) is 26.0. The summed E-state index contributed by atoms with van der Waals surface area (Å²) in [6.07, 6.45) is 2.65. The Morgan fingerprint density at radius 1 is 1.30 bits per heavy atom. The summed E-state index contributed by atoms with van der Waals surface area (Å²) in [5.41, 5.74) is 1.81. The average molecular weight is 274 g/mol. The molecule has 1 aliphatic rings. The molecule has 0 atom stereocenters. The number of hydrogen-bond donors (Lipinski definition) is 1. The summed E-state index contributed by atoms with van der Waals surface area (Å²) in [6, 6.07) is 7.83. The van der Waals surface area contributed by atoms with Crippen LogP contribution in [0.2, 0.25) is 0 Å². The Morgan fingerprint density at radius 3 is 2.70 bits per heavy atom. The number of carbonyl (C=O) groups is 2. The average Bonchev–Trinajstić information content (AvgIpc) is 2.48. The third-order valence-electron chi connectivity index (χ3n) is 3.87. The minimum absolute atomic E-state index is 0.0356. The molecule has 2 amide bonds. The van der Waals surface area contributed by atoms with E-state index in [-0.39, 0.29) is 24.4 Å². The molecule has 0 aromatic heterocycles. The molecule has 0 spiro atoms. The normalized spacial score (nSPS) is 14.3. The van der Waals surface area contributed by atoms with Crippen molar-refractivity contribution in [1.29, 1.82) is 0 Å². The van der Waals surface area contributed by atoms with Gasteiger partial charge >= 0.3 is 0 Å². The largest absolute Gasteiger partial charge is 0.352 e. The molecule has 1 aromatic carbocycles. The number of amides is 2. The first-order valence-corrected chi connectivity index (χ1v) is 7.32. The lowest BCUT2D eigenvalue weighted by Gasteiger charge is -2.28. The number of benzene rings is 1. The fourth-order valence-corrected chi connectivity index (χ4v) is 2.56. The van der Waals surface area contributed by atoms with E-state index in [9.17, 15) is 9.59 Å². The smallest absolute Gasteiger partial charge is 0.254 e. The van der Waals surface area contributed by atoms with E-state index in [2.05, 4.69) is 19.2 Å². The quantitative estimate of drug-likeness (QED) is 0.892. The van der Waals surface area contributed by atoms with Crippen LogP contribution in [0.25, 0.3) is 0 Å². The predicted molar refractivity (Wildman–Crippen MR) is 78.6 cm³/mol. The first-order valence-electron chi connectivity index (χ1n) is 7.32. The second-order valence-corrected chi connectivity index (χ2v) is 5.21. The van der Waals surface area contributed by atoms with E-state index in [0.29, 0.717) is 6.54 Å². The van der Waals surface area contributed by atoms with Gasteiger partial charge in [0.05, 0.1) is 6.54 Å². The zero-order chi connectivity index (χ0) is 14.5. The van der Waals surface area contributed by atoms with E-state index < -0.39 is 0 Å². The van der Waals surface area contributed by atoms with Gasteiger partial charge in [-0.3, -0.25) is 9.59 Å². The van der Waals surface area contributed by atoms with Crippen LogP contribution in [0.15, 0.2) is 24.3 Å². The third kappa shape index (κ3) is 3.18. The van der Waals surface area contributed by atoms with E-state index in [4.69, 9.17) is 0 Å². The lowest BCUT2D eigenvalue weighted by Crippen LogP contribution is -2.46. The van der Waals surface area contributed by atoms with Crippen molar-refractivity contribution in [1.82, 2.24) is 10.2 Å². The lowest BCUT2D eigenvalue weighted by atomic mass is 9.99. The molecule has 1 aromatic rings. The van der Waals surface area contributed by atoms with Crippen molar-refractivity contribution in [3.8, 4) is 0 Å². The molecule has 0 unspecified atom stereocenters. The molecule has 20 heavy (non-hydrogen) atoms. The molecular formula is C16H22N2O2. The predicted octanol–water partition coefficient (Wildman–Crippen LogP) is 1.99. The van der Waals surface area contributed by atoms with Gasteiger partial charge in [0.2, 0.25) is 5.91 Å². The molecule has 0 fully saturated rings. The Balaban J connectivity index is 1.98. The summed E-state index contributed by atoms with van der Waals surface area (Å²) < 4.78 is 0. The van der Waals surface area contributed by atoms with Crippen LogP contribution in [0.3, 0.4) is 0 Å². The second-order valence-electron chi connectivity index (χ2n) is 5.21. The standard InChI is InChI=1S/C16H22N2O2/c1-3-13(4-2)17-15(19)11-18-10-9-12-7-5-6-8-14(12)16(18)20/h5-8,13H,3-4,9-11H2,1-2H3,(H,17,19).